The number of halogens is 1. The van der Waals surface area contributed by atoms with Crippen molar-refractivity contribution in [2.45, 2.75) is 31.7 Å². The second-order valence-corrected chi connectivity index (χ2v) is 5.41. The molecule has 0 bridgehead atoms. The lowest BCUT2D eigenvalue weighted by Gasteiger charge is -2.39. The van der Waals surface area contributed by atoms with Gasteiger partial charge in [-0.25, -0.2) is 4.39 Å². The summed E-state index contributed by atoms with van der Waals surface area (Å²) in [5.74, 6) is -0.835. The Morgan fingerprint density at radius 3 is 2.75 bits per heavy atom. The van der Waals surface area contributed by atoms with Crippen LogP contribution in [-0.4, -0.2) is 31.6 Å². The van der Waals surface area contributed by atoms with E-state index < -0.39 is 5.79 Å². The minimum Gasteiger partial charge on any atom is -0.370 e. The number of anilines is 1. The first kappa shape index (κ1) is 13.3. The summed E-state index contributed by atoms with van der Waals surface area (Å²) in [6.45, 7) is 4.13. The number of ether oxygens (including phenoxy) is 2. The molecule has 1 aromatic carbocycles. The summed E-state index contributed by atoms with van der Waals surface area (Å²) >= 11 is 0. The highest BCUT2D eigenvalue weighted by molar-refractivity contribution is 5.59. The Labute approximate surface area is 117 Å². The molecule has 3 rings (SSSR count). The van der Waals surface area contributed by atoms with Crippen molar-refractivity contribution in [1.29, 1.82) is 5.26 Å². The van der Waals surface area contributed by atoms with Gasteiger partial charge in [-0.1, -0.05) is 0 Å². The number of piperidine rings is 1. The summed E-state index contributed by atoms with van der Waals surface area (Å²) in [5, 5.41) is 9.12. The molecule has 4 nitrogen and oxygen atoms in total. The van der Waals surface area contributed by atoms with E-state index in [1.54, 1.807) is 6.07 Å². The first-order valence-electron chi connectivity index (χ1n) is 6.88. The molecule has 2 aliphatic rings. The fraction of sp³-hybridized carbons (Fsp3) is 0.533. The Morgan fingerprint density at radius 1 is 1.40 bits per heavy atom. The van der Waals surface area contributed by atoms with Crippen LogP contribution >= 0.6 is 0 Å². The smallest absolute Gasteiger partial charge is 0.172 e. The second-order valence-electron chi connectivity index (χ2n) is 5.41. The van der Waals surface area contributed by atoms with Crippen molar-refractivity contribution >= 4 is 5.69 Å². The Hall–Kier alpha value is -1.64. The number of hydrogen-bond acceptors (Lipinski definition) is 4. The quantitative estimate of drug-likeness (QED) is 0.790. The number of hydrogen-bond donors (Lipinski definition) is 0. The van der Waals surface area contributed by atoms with Gasteiger partial charge in [-0.05, 0) is 25.1 Å². The number of nitriles is 1. The molecular formula is C15H17FN2O2. The molecule has 5 heteroatoms. The third kappa shape index (κ3) is 2.37. The Balaban J connectivity index is 1.74. The zero-order valence-corrected chi connectivity index (χ0v) is 11.4. The van der Waals surface area contributed by atoms with Crippen LogP contribution in [0.5, 0.6) is 0 Å². The molecule has 0 radical (unpaired) electrons. The highest BCUT2D eigenvalue weighted by Crippen LogP contribution is 2.36. The molecule has 2 saturated heterocycles. The molecule has 2 fully saturated rings. The standard InChI is InChI=1S/C15H17FN2O2/c1-11-10-19-15(20-11)4-6-18(7-5-15)14-3-2-13(16)8-12(14)9-17/h2-3,8,11H,4-7,10H2,1H3. The van der Waals surface area contributed by atoms with Crippen LogP contribution in [0.3, 0.4) is 0 Å². The molecule has 2 aliphatic heterocycles. The lowest BCUT2D eigenvalue weighted by atomic mass is 10.0. The van der Waals surface area contributed by atoms with Crippen molar-refractivity contribution in [3.8, 4) is 6.07 Å². The molecule has 1 unspecified atom stereocenters. The van der Waals surface area contributed by atoms with Crippen molar-refractivity contribution < 1.29 is 13.9 Å². The maximum atomic E-state index is 13.2. The third-order valence-corrected chi connectivity index (χ3v) is 3.94. The molecule has 1 spiro atoms. The summed E-state index contributed by atoms with van der Waals surface area (Å²) in [6.07, 6.45) is 1.67. The third-order valence-electron chi connectivity index (χ3n) is 3.94. The molecule has 1 aromatic rings. The van der Waals surface area contributed by atoms with E-state index in [0.717, 1.165) is 31.6 Å². The first-order valence-corrected chi connectivity index (χ1v) is 6.88. The van der Waals surface area contributed by atoms with Crippen LogP contribution in [0, 0.1) is 17.1 Å². The second kappa shape index (κ2) is 5.04. The van der Waals surface area contributed by atoms with Crippen molar-refractivity contribution in [3.05, 3.63) is 29.6 Å². The molecular weight excluding hydrogens is 259 g/mol. The Bertz CT molecular complexity index is 547. The van der Waals surface area contributed by atoms with Crippen LogP contribution in [0.15, 0.2) is 18.2 Å². The summed E-state index contributed by atoms with van der Waals surface area (Å²) in [7, 11) is 0. The van der Waals surface area contributed by atoms with Gasteiger partial charge >= 0.3 is 0 Å². The van der Waals surface area contributed by atoms with Gasteiger partial charge in [0.1, 0.15) is 11.9 Å². The maximum Gasteiger partial charge on any atom is 0.172 e. The predicted octanol–water partition coefficient (Wildman–Crippen LogP) is 2.43. The maximum absolute atomic E-state index is 13.2. The number of nitrogens with zero attached hydrogens (tertiary/aromatic N) is 2. The molecule has 0 N–H and O–H groups in total. The first-order chi connectivity index (χ1) is 9.62. The van der Waals surface area contributed by atoms with E-state index in [-0.39, 0.29) is 11.9 Å². The van der Waals surface area contributed by atoms with Gasteiger partial charge in [0, 0.05) is 25.9 Å². The minimum absolute atomic E-state index is 0.141. The zero-order chi connectivity index (χ0) is 14.2. The summed E-state index contributed by atoms with van der Waals surface area (Å²) < 4.78 is 24.8. The number of rotatable bonds is 1. The van der Waals surface area contributed by atoms with Gasteiger partial charge in [0.25, 0.3) is 0 Å². The van der Waals surface area contributed by atoms with Crippen LogP contribution in [0.4, 0.5) is 10.1 Å². The molecule has 0 aromatic heterocycles. The van der Waals surface area contributed by atoms with Crippen LogP contribution < -0.4 is 4.90 Å². The van der Waals surface area contributed by atoms with Gasteiger partial charge in [-0.2, -0.15) is 5.26 Å². The van der Waals surface area contributed by atoms with Gasteiger partial charge in [-0.15, -0.1) is 0 Å². The SMILES string of the molecule is CC1COC2(CCN(c3ccc(F)cc3C#N)CC2)O1. The molecule has 20 heavy (non-hydrogen) atoms. The molecule has 0 amide bonds. The summed E-state index contributed by atoms with van der Waals surface area (Å²) in [4.78, 5) is 2.10. The van der Waals surface area contributed by atoms with E-state index in [2.05, 4.69) is 11.0 Å². The fourth-order valence-electron chi connectivity index (χ4n) is 2.93. The normalized spacial score (nSPS) is 24.9. The van der Waals surface area contributed by atoms with E-state index in [0.29, 0.717) is 12.2 Å². The number of benzene rings is 1. The van der Waals surface area contributed by atoms with E-state index in [1.165, 1.54) is 12.1 Å². The topological polar surface area (TPSA) is 45.5 Å². The highest BCUT2D eigenvalue weighted by atomic mass is 19.1. The molecule has 0 aliphatic carbocycles. The van der Waals surface area contributed by atoms with Crippen molar-refractivity contribution in [2.75, 3.05) is 24.6 Å². The largest absolute Gasteiger partial charge is 0.370 e. The van der Waals surface area contributed by atoms with Crippen LogP contribution in [0.25, 0.3) is 0 Å². The monoisotopic (exact) mass is 276 g/mol. The average molecular weight is 276 g/mol. The Morgan fingerprint density at radius 2 is 2.15 bits per heavy atom. The van der Waals surface area contributed by atoms with E-state index in [4.69, 9.17) is 14.7 Å². The van der Waals surface area contributed by atoms with E-state index in [9.17, 15) is 4.39 Å². The average Bonchev–Trinajstić information content (AvgIpc) is 2.81. The van der Waals surface area contributed by atoms with E-state index >= 15 is 0 Å². The van der Waals surface area contributed by atoms with Gasteiger partial charge in [0.2, 0.25) is 0 Å². The van der Waals surface area contributed by atoms with Crippen molar-refractivity contribution in [2.24, 2.45) is 0 Å². The van der Waals surface area contributed by atoms with Crippen LogP contribution in [0.1, 0.15) is 25.3 Å². The zero-order valence-electron chi connectivity index (χ0n) is 11.4. The molecule has 106 valence electrons. The lowest BCUT2D eigenvalue weighted by molar-refractivity contribution is -0.178. The van der Waals surface area contributed by atoms with Gasteiger partial charge in [0.15, 0.2) is 5.79 Å². The van der Waals surface area contributed by atoms with Gasteiger partial charge < -0.3 is 14.4 Å². The highest BCUT2D eigenvalue weighted by Gasteiger charge is 2.42. The lowest BCUT2D eigenvalue weighted by Crippen LogP contribution is -2.45. The van der Waals surface area contributed by atoms with Crippen molar-refractivity contribution in [3.63, 3.8) is 0 Å². The van der Waals surface area contributed by atoms with Crippen molar-refractivity contribution in [1.82, 2.24) is 0 Å². The summed E-state index contributed by atoms with van der Waals surface area (Å²) in [6, 6.07) is 6.41. The molecule has 2 heterocycles. The molecule has 0 saturated carbocycles. The Kier molecular flexibility index (Phi) is 3.36. The predicted molar refractivity (Wildman–Crippen MR) is 71.8 cm³/mol. The van der Waals surface area contributed by atoms with Crippen LogP contribution in [0.2, 0.25) is 0 Å². The summed E-state index contributed by atoms with van der Waals surface area (Å²) in [5.41, 5.74) is 1.16. The van der Waals surface area contributed by atoms with E-state index in [1.807, 2.05) is 6.92 Å². The fourth-order valence-corrected chi connectivity index (χ4v) is 2.93. The van der Waals surface area contributed by atoms with Gasteiger partial charge in [0.05, 0.1) is 24.0 Å². The molecule has 1 atom stereocenters. The van der Waals surface area contributed by atoms with Gasteiger partial charge in [-0.3, -0.25) is 0 Å². The minimum atomic E-state index is -0.456. The van der Waals surface area contributed by atoms with Crippen LogP contribution in [-0.2, 0) is 9.47 Å².